The molecule has 6 heteroatoms. The first-order chi connectivity index (χ1) is 8.67. The van der Waals surface area contributed by atoms with Crippen molar-refractivity contribution in [2.45, 2.75) is 0 Å². The Balaban J connectivity index is 2.42. The van der Waals surface area contributed by atoms with Crippen molar-refractivity contribution >= 4 is 17.5 Å². The van der Waals surface area contributed by atoms with Crippen LogP contribution < -0.4 is 20.7 Å². The summed E-state index contributed by atoms with van der Waals surface area (Å²) in [6.07, 6.45) is 0. The fourth-order valence-electron chi connectivity index (χ4n) is 1.39. The molecule has 0 heterocycles. The standard InChI is InChI=1S/C12H17N3O3/c1-13-11(16)7-14-8-12(17)15-9-5-3-4-6-10(9)18-2/h3-6,14H,7-8H2,1-2H3,(H,13,16)(H,15,17)/p+1. The van der Waals surface area contributed by atoms with Crippen LogP contribution in [0.4, 0.5) is 5.69 Å². The van der Waals surface area contributed by atoms with Crippen LogP contribution in [0.25, 0.3) is 0 Å². The number of quaternary nitrogens is 1. The molecular formula is C12H18N3O3+. The van der Waals surface area contributed by atoms with E-state index in [0.717, 1.165) is 0 Å². The van der Waals surface area contributed by atoms with Gasteiger partial charge in [0.25, 0.3) is 11.8 Å². The summed E-state index contributed by atoms with van der Waals surface area (Å²) in [5, 5.41) is 6.84. The molecule has 0 saturated heterocycles. The van der Waals surface area contributed by atoms with Crippen LogP contribution in [0.1, 0.15) is 0 Å². The van der Waals surface area contributed by atoms with Crippen LogP contribution in [0.5, 0.6) is 5.75 Å². The zero-order valence-electron chi connectivity index (χ0n) is 10.5. The Labute approximate surface area is 106 Å². The third kappa shape index (κ3) is 4.42. The number of nitrogens with one attached hydrogen (secondary N) is 2. The van der Waals surface area contributed by atoms with E-state index in [0.29, 0.717) is 11.4 Å². The molecule has 0 atom stereocenters. The number of anilines is 1. The van der Waals surface area contributed by atoms with Crippen LogP contribution >= 0.6 is 0 Å². The molecule has 0 saturated carbocycles. The number of carbonyl (C=O) groups excluding carboxylic acids is 2. The first-order valence-electron chi connectivity index (χ1n) is 5.62. The molecule has 18 heavy (non-hydrogen) atoms. The number of benzene rings is 1. The highest BCUT2D eigenvalue weighted by atomic mass is 16.5. The average molecular weight is 252 g/mol. The molecule has 1 aromatic rings. The van der Waals surface area contributed by atoms with E-state index in [1.165, 1.54) is 0 Å². The monoisotopic (exact) mass is 252 g/mol. The number of likely N-dealkylation sites (N-methyl/N-ethyl adjacent to an activating group) is 1. The Morgan fingerprint density at radius 1 is 1.22 bits per heavy atom. The molecule has 0 unspecified atom stereocenters. The van der Waals surface area contributed by atoms with Crippen molar-refractivity contribution in [1.29, 1.82) is 0 Å². The summed E-state index contributed by atoms with van der Waals surface area (Å²) in [7, 11) is 3.10. The summed E-state index contributed by atoms with van der Waals surface area (Å²) in [4.78, 5) is 22.6. The molecule has 0 bridgehead atoms. The maximum Gasteiger partial charge on any atom is 0.279 e. The summed E-state index contributed by atoms with van der Waals surface area (Å²) >= 11 is 0. The fraction of sp³-hybridized carbons (Fsp3) is 0.333. The lowest BCUT2D eigenvalue weighted by Crippen LogP contribution is -2.88. The predicted octanol–water partition coefficient (Wildman–Crippen LogP) is -1.06. The highest BCUT2D eigenvalue weighted by Gasteiger charge is 2.09. The summed E-state index contributed by atoms with van der Waals surface area (Å²) in [5.41, 5.74) is 0.623. The topological polar surface area (TPSA) is 84.0 Å². The van der Waals surface area contributed by atoms with Crippen LogP contribution in [-0.2, 0) is 9.59 Å². The lowest BCUT2D eigenvalue weighted by Gasteiger charge is -2.08. The van der Waals surface area contributed by atoms with Crippen molar-refractivity contribution < 1.29 is 19.6 Å². The number of methoxy groups -OCH3 is 1. The third-order valence-corrected chi connectivity index (χ3v) is 2.32. The second-order valence-corrected chi connectivity index (χ2v) is 3.62. The molecule has 4 N–H and O–H groups in total. The van der Waals surface area contributed by atoms with E-state index in [1.54, 1.807) is 31.6 Å². The quantitative estimate of drug-likeness (QED) is 0.603. The number of carbonyl (C=O) groups is 2. The number of rotatable bonds is 6. The van der Waals surface area contributed by atoms with E-state index in [4.69, 9.17) is 4.74 Å². The van der Waals surface area contributed by atoms with Gasteiger partial charge in [-0.25, -0.2) is 0 Å². The molecular weight excluding hydrogens is 234 g/mol. The number of para-hydroxylation sites is 2. The second-order valence-electron chi connectivity index (χ2n) is 3.62. The molecule has 2 amide bonds. The van der Waals surface area contributed by atoms with Crippen LogP contribution in [0.15, 0.2) is 24.3 Å². The third-order valence-electron chi connectivity index (χ3n) is 2.32. The predicted molar refractivity (Wildman–Crippen MR) is 67.3 cm³/mol. The van der Waals surface area contributed by atoms with Gasteiger partial charge in [-0.05, 0) is 12.1 Å². The second kappa shape index (κ2) is 7.29. The molecule has 0 aromatic heterocycles. The van der Waals surface area contributed by atoms with Crippen molar-refractivity contribution in [3.8, 4) is 5.75 Å². The Morgan fingerprint density at radius 3 is 2.56 bits per heavy atom. The molecule has 0 fully saturated rings. The van der Waals surface area contributed by atoms with E-state index in [1.807, 2.05) is 12.1 Å². The normalized spacial score (nSPS) is 9.67. The van der Waals surface area contributed by atoms with Crippen molar-refractivity contribution in [3.05, 3.63) is 24.3 Å². The minimum absolute atomic E-state index is 0.111. The highest BCUT2D eigenvalue weighted by molar-refractivity contribution is 5.92. The Morgan fingerprint density at radius 2 is 1.89 bits per heavy atom. The number of hydrogen-bond donors (Lipinski definition) is 3. The van der Waals surface area contributed by atoms with Crippen LogP contribution in [0.2, 0.25) is 0 Å². The molecule has 1 rings (SSSR count). The SMILES string of the molecule is CNC(=O)C[NH2+]CC(=O)Nc1ccccc1OC. The van der Waals surface area contributed by atoms with E-state index in [2.05, 4.69) is 10.6 Å². The Kier molecular flexibility index (Phi) is 5.66. The zero-order chi connectivity index (χ0) is 13.4. The smallest absolute Gasteiger partial charge is 0.279 e. The van der Waals surface area contributed by atoms with Crippen LogP contribution in [-0.4, -0.2) is 39.1 Å². The summed E-state index contributed by atoms with van der Waals surface area (Å²) in [5.74, 6) is 0.320. The lowest BCUT2D eigenvalue weighted by atomic mass is 10.3. The molecule has 0 aliphatic rings. The molecule has 0 radical (unpaired) electrons. The molecule has 0 spiro atoms. The lowest BCUT2D eigenvalue weighted by molar-refractivity contribution is -0.632. The van der Waals surface area contributed by atoms with Crippen molar-refractivity contribution in [2.75, 3.05) is 32.6 Å². The van der Waals surface area contributed by atoms with Crippen LogP contribution in [0.3, 0.4) is 0 Å². The maximum atomic E-state index is 11.6. The minimum Gasteiger partial charge on any atom is -0.495 e. The van der Waals surface area contributed by atoms with Crippen LogP contribution in [0, 0.1) is 0 Å². The fourth-order valence-corrected chi connectivity index (χ4v) is 1.39. The first-order valence-corrected chi connectivity index (χ1v) is 5.62. The Hall–Kier alpha value is -2.08. The van der Waals surface area contributed by atoms with Crippen molar-refractivity contribution in [1.82, 2.24) is 5.32 Å². The van der Waals surface area contributed by atoms with E-state index < -0.39 is 0 Å². The molecule has 1 aromatic carbocycles. The van der Waals surface area contributed by atoms with Crippen molar-refractivity contribution in [2.24, 2.45) is 0 Å². The molecule has 98 valence electrons. The van der Waals surface area contributed by atoms with E-state index >= 15 is 0 Å². The number of amides is 2. The minimum atomic E-state index is -0.177. The molecule has 0 aliphatic carbocycles. The number of ether oxygens (including phenoxy) is 1. The van der Waals surface area contributed by atoms with E-state index in [-0.39, 0.29) is 24.9 Å². The van der Waals surface area contributed by atoms with Gasteiger partial charge in [-0.2, -0.15) is 0 Å². The highest BCUT2D eigenvalue weighted by Crippen LogP contribution is 2.22. The molecule has 0 aliphatic heterocycles. The van der Waals surface area contributed by atoms with Gasteiger partial charge in [0.1, 0.15) is 5.75 Å². The van der Waals surface area contributed by atoms with Gasteiger partial charge in [0.2, 0.25) is 0 Å². The van der Waals surface area contributed by atoms with Gasteiger partial charge in [0.15, 0.2) is 13.1 Å². The molecule has 6 nitrogen and oxygen atoms in total. The van der Waals surface area contributed by atoms with Gasteiger partial charge in [0.05, 0.1) is 12.8 Å². The largest absolute Gasteiger partial charge is 0.495 e. The summed E-state index contributed by atoms with van der Waals surface area (Å²) in [6.45, 7) is 0.418. The van der Waals surface area contributed by atoms with Crippen molar-refractivity contribution in [3.63, 3.8) is 0 Å². The Bertz CT molecular complexity index is 421. The van der Waals surface area contributed by atoms with Gasteiger partial charge in [-0.3, -0.25) is 9.59 Å². The number of nitrogens with two attached hydrogens (primary N) is 1. The zero-order valence-corrected chi connectivity index (χ0v) is 10.5. The van der Waals surface area contributed by atoms with Gasteiger partial charge >= 0.3 is 0 Å². The summed E-state index contributed by atoms with van der Waals surface area (Å²) < 4.78 is 5.12. The average Bonchev–Trinajstić information content (AvgIpc) is 2.39. The van der Waals surface area contributed by atoms with Gasteiger partial charge in [-0.15, -0.1) is 0 Å². The van der Waals surface area contributed by atoms with E-state index in [9.17, 15) is 9.59 Å². The first kappa shape index (κ1) is 14.0. The summed E-state index contributed by atoms with van der Waals surface area (Å²) in [6, 6.07) is 7.16. The van der Waals surface area contributed by atoms with Gasteiger partial charge < -0.3 is 20.7 Å². The number of hydrogen-bond acceptors (Lipinski definition) is 3. The van der Waals surface area contributed by atoms with Gasteiger partial charge in [0, 0.05) is 7.05 Å². The maximum absolute atomic E-state index is 11.6. The van der Waals surface area contributed by atoms with Gasteiger partial charge in [-0.1, -0.05) is 12.1 Å².